The van der Waals surface area contributed by atoms with Crippen molar-refractivity contribution in [3.05, 3.63) is 56.5 Å². The third-order valence-corrected chi connectivity index (χ3v) is 4.29. The molecule has 0 heterocycles. The second-order valence-electron chi connectivity index (χ2n) is 4.62. The highest BCUT2D eigenvalue weighted by Crippen LogP contribution is 2.30. The van der Waals surface area contributed by atoms with E-state index in [0.717, 1.165) is 21.4 Å². The molecule has 0 aliphatic carbocycles. The van der Waals surface area contributed by atoms with Gasteiger partial charge in [-0.15, -0.1) is 0 Å². The molecule has 0 spiro atoms. The molecule has 1 N–H and O–H groups in total. The largest absolute Gasteiger partial charge is 0.379 e. The predicted molar refractivity (Wildman–Crippen MR) is 92.3 cm³/mol. The molecule has 0 saturated heterocycles. The van der Waals surface area contributed by atoms with Crippen LogP contribution in [-0.2, 0) is 6.54 Å². The molecule has 2 rings (SSSR count). The summed E-state index contributed by atoms with van der Waals surface area (Å²) in [7, 11) is 4.03. The first kappa shape index (κ1) is 15.5. The average molecular weight is 374 g/mol. The van der Waals surface area contributed by atoms with Crippen molar-refractivity contribution in [1.82, 2.24) is 0 Å². The lowest BCUT2D eigenvalue weighted by Gasteiger charge is -2.19. The predicted octanol–water partition coefficient (Wildman–Crippen LogP) is 5.43. The molecule has 106 valence electrons. The minimum atomic E-state index is 0.577. The van der Waals surface area contributed by atoms with Crippen molar-refractivity contribution in [3.8, 4) is 0 Å². The van der Waals surface area contributed by atoms with Gasteiger partial charge in [-0.3, -0.25) is 0 Å². The summed E-state index contributed by atoms with van der Waals surface area (Å²) in [4.78, 5) is 2.06. The van der Waals surface area contributed by atoms with Crippen LogP contribution in [0.4, 0.5) is 11.4 Å². The van der Waals surface area contributed by atoms with E-state index in [9.17, 15) is 0 Å². The fourth-order valence-corrected chi connectivity index (χ4v) is 2.66. The van der Waals surface area contributed by atoms with Crippen molar-refractivity contribution >= 4 is 50.5 Å². The maximum absolute atomic E-state index is 6.20. The maximum Gasteiger partial charge on any atom is 0.0642 e. The molecule has 0 saturated carbocycles. The normalized spacial score (nSPS) is 10.4. The summed E-state index contributed by atoms with van der Waals surface area (Å²) in [5, 5.41) is 4.58. The molecule has 0 aliphatic rings. The summed E-state index contributed by atoms with van der Waals surface area (Å²) >= 11 is 15.7. The Labute approximate surface area is 137 Å². The minimum Gasteiger partial charge on any atom is -0.379 e. The number of rotatable bonds is 4. The molecule has 2 aromatic rings. The van der Waals surface area contributed by atoms with Crippen LogP contribution >= 0.6 is 39.1 Å². The molecule has 0 radical (unpaired) electrons. The Morgan fingerprint density at radius 3 is 2.60 bits per heavy atom. The first-order valence-electron chi connectivity index (χ1n) is 6.12. The SMILES string of the molecule is CN(C)c1ccc(Br)cc1NCc1cccc(Cl)c1Cl. The van der Waals surface area contributed by atoms with Gasteiger partial charge in [0.25, 0.3) is 0 Å². The van der Waals surface area contributed by atoms with Crippen LogP contribution < -0.4 is 10.2 Å². The quantitative estimate of drug-likeness (QED) is 0.768. The van der Waals surface area contributed by atoms with Crippen LogP contribution in [-0.4, -0.2) is 14.1 Å². The van der Waals surface area contributed by atoms with Gasteiger partial charge in [0.05, 0.1) is 21.4 Å². The number of nitrogens with one attached hydrogen (secondary N) is 1. The maximum atomic E-state index is 6.20. The molecule has 2 nitrogen and oxygen atoms in total. The molecular weight excluding hydrogens is 359 g/mol. The fourth-order valence-electron chi connectivity index (χ4n) is 1.92. The van der Waals surface area contributed by atoms with Crippen LogP contribution in [0.25, 0.3) is 0 Å². The first-order chi connectivity index (χ1) is 9.49. The van der Waals surface area contributed by atoms with E-state index in [1.165, 1.54) is 0 Å². The van der Waals surface area contributed by atoms with E-state index in [-0.39, 0.29) is 0 Å². The highest BCUT2D eigenvalue weighted by molar-refractivity contribution is 9.10. The van der Waals surface area contributed by atoms with Crippen molar-refractivity contribution in [3.63, 3.8) is 0 Å². The van der Waals surface area contributed by atoms with E-state index >= 15 is 0 Å². The van der Waals surface area contributed by atoms with Gasteiger partial charge in [0.2, 0.25) is 0 Å². The molecule has 0 aliphatic heterocycles. The van der Waals surface area contributed by atoms with Gasteiger partial charge < -0.3 is 10.2 Å². The lowest BCUT2D eigenvalue weighted by atomic mass is 10.2. The molecule has 2 aromatic carbocycles. The molecule has 0 atom stereocenters. The Hall–Kier alpha value is -0.900. The highest BCUT2D eigenvalue weighted by atomic mass is 79.9. The van der Waals surface area contributed by atoms with Crippen molar-refractivity contribution < 1.29 is 0 Å². The second kappa shape index (κ2) is 6.70. The molecule has 20 heavy (non-hydrogen) atoms. The van der Waals surface area contributed by atoms with Crippen molar-refractivity contribution in [1.29, 1.82) is 0 Å². The first-order valence-corrected chi connectivity index (χ1v) is 7.67. The lowest BCUT2D eigenvalue weighted by molar-refractivity contribution is 1.10. The molecular formula is C15H15BrCl2N2. The van der Waals surface area contributed by atoms with Gasteiger partial charge in [0.15, 0.2) is 0 Å². The van der Waals surface area contributed by atoms with Crippen LogP contribution in [0.5, 0.6) is 0 Å². The Balaban J connectivity index is 2.22. The molecule has 0 unspecified atom stereocenters. The van der Waals surface area contributed by atoms with Crippen molar-refractivity contribution in [2.75, 3.05) is 24.3 Å². The average Bonchev–Trinajstić information content (AvgIpc) is 2.40. The van der Waals surface area contributed by atoms with E-state index in [1.807, 2.05) is 38.4 Å². The number of benzene rings is 2. The van der Waals surface area contributed by atoms with Crippen LogP contribution in [0.2, 0.25) is 10.0 Å². The van der Waals surface area contributed by atoms with Gasteiger partial charge in [0, 0.05) is 25.1 Å². The Morgan fingerprint density at radius 1 is 1.15 bits per heavy atom. The fraction of sp³-hybridized carbons (Fsp3) is 0.200. The van der Waals surface area contributed by atoms with Gasteiger partial charge in [-0.25, -0.2) is 0 Å². The van der Waals surface area contributed by atoms with E-state index in [1.54, 1.807) is 6.07 Å². The van der Waals surface area contributed by atoms with Gasteiger partial charge in [-0.2, -0.15) is 0 Å². The summed E-state index contributed by atoms with van der Waals surface area (Å²) < 4.78 is 1.03. The zero-order chi connectivity index (χ0) is 14.7. The van der Waals surface area contributed by atoms with E-state index < -0.39 is 0 Å². The molecule has 0 fully saturated rings. The van der Waals surface area contributed by atoms with Gasteiger partial charge in [-0.1, -0.05) is 51.3 Å². The Morgan fingerprint density at radius 2 is 1.90 bits per heavy atom. The van der Waals surface area contributed by atoms with Crippen molar-refractivity contribution in [2.45, 2.75) is 6.54 Å². The summed E-state index contributed by atoms with van der Waals surface area (Å²) in [6, 6.07) is 11.8. The second-order valence-corrected chi connectivity index (χ2v) is 6.32. The summed E-state index contributed by atoms with van der Waals surface area (Å²) in [6.07, 6.45) is 0. The van der Waals surface area contributed by atoms with Gasteiger partial charge in [-0.05, 0) is 29.8 Å². The number of nitrogens with zero attached hydrogens (tertiary/aromatic N) is 1. The van der Waals surface area contributed by atoms with Gasteiger partial charge in [0.1, 0.15) is 0 Å². The molecule has 5 heteroatoms. The van der Waals surface area contributed by atoms with Crippen LogP contribution in [0.15, 0.2) is 40.9 Å². The van der Waals surface area contributed by atoms with Crippen LogP contribution in [0, 0.1) is 0 Å². The molecule has 0 bridgehead atoms. The number of anilines is 2. The summed E-state index contributed by atoms with van der Waals surface area (Å²) in [5.41, 5.74) is 3.13. The Bertz CT molecular complexity index is 615. The van der Waals surface area contributed by atoms with E-state index in [4.69, 9.17) is 23.2 Å². The summed E-state index contributed by atoms with van der Waals surface area (Å²) in [6.45, 7) is 0.622. The van der Waals surface area contributed by atoms with E-state index in [2.05, 4.69) is 32.2 Å². The Kier molecular flexibility index (Phi) is 5.19. The third kappa shape index (κ3) is 3.60. The zero-order valence-corrected chi connectivity index (χ0v) is 14.4. The van der Waals surface area contributed by atoms with E-state index in [0.29, 0.717) is 16.6 Å². The van der Waals surface area contributed by atoms with Crippen LogP contribution in [0.3, 0.4) is 0 Å². The van der Waals surface area contributed by atoms with Gasteiger partial charge >= 0.3 is 0 Å². The number of halogens is 3. The molecule has 0 aromatic heterocycles. The summed E-state index contributed by atoms with van der Waals surface area (Å²) in [5.74, 6) is 0. The number of hydrogen-bond acceptors (Lipinski definition) is 2. The van der Waals surface area contributed by atoms with Crippen LogP contribution in [0.1, 0.15) is 5.56 Å². The minimum absolute atomic E-state index is 0.577. The number of hydrogen-bond donors (Lipinski definition) is 1. The topological polar surface area (TPSA) is 15.3 Å². The molecule has 0 amide bonds. The smallest absolute Gasteiger partial charge is 0.0642 e. The lowest BCUT2D eigenvalue weighted by Crippen LogP contribution is -2.12. The standard InChI is InChI=1S/C15H15BrCl2N2/c1-20(2)14-7-6-11(16)8-13(14)19-9-10-4-3-5-12(17)15(10)18/h3-8,19H,9H2,1-2H3. The third-order valence-electron chi connectivity index (χ3n) is 2.94. The highest BCUT2D eigenvalue weighted by Gasteiger charge is 2.08. The monoisotopic (exact) mass is 372 g/mol. The zero-order valence-electron chi connectivity index (χ0n) is 11.3. The van der Waals surface area contributed by atoms with Crippen molar-refractivity contribution in [2.24, 2.45) is 0 Å².